The third-order valence-corrected chi connectivity index (χ3v) is 4.41. The maximum Gasteiger partial charge on any atom is 0.271 e. The molecule has 0 atom stereocenters. The Hall–Kier alpha value is -3.22. The summed E-state index contributed by atoms with van der Waals surface area (Å²) in [5.74, 6) is -0.789. The van der Waals surface area contributed by atoms with Crippen LogP contribution >= 0.6 is 0 Å². The van der Waals surface area contributed by atoms with Crippen LogP contribution in [0.1, 0.15) is 58.8 Å². The standard InChI is InChI=1S/C20H23N5O2/c1-5-14-6-8-15(9-7-14)19(26)23-24-20(27)17-10-16-11-21-25(12(2)3)18(16)22-13(17)4/h6-12H,5H2,1-4H3,(H,23,26)(H,24,27). The van der Waals surface area contributed by atoms with Crippen molar-refractivity contribution in [2.45, 2.75) is 40.2 Å². The lowest BCUT2D eigenvalue weighted by Crippen LogP contribution is -2.42. The molecule has 0 saturated carbocycles. The normalized spacial score (nSPS) is 11.0. The van der Waals surface area contributed by atoms with Crippen molar-refractivity contribution in [2.75, 3.05) is 0 Å². The number of pyridine rings is 1. The van der Waals surface area contributed by atoms with Gasteiger partial charge in [-0.25, -0.2) is 9.67 Å². The number of hydrazine groups is 1. The van der Waals surface area contributed by atoms with Crippen LogP contribution in [0, 0.1) is 6.92 Å². The maximum atomic E-state index is 12.5. The fraction of sp³-hybridized carbons (Fsp3) is 0.300. The molecule has 7 nitrogen and oxygen atoms in total. The molecule has 3 aromatic rings. The molecule has 140 valence electrons. The lowest BCUT2D eigenvalue weighted by atomic mass is 10.1. The first kappa shape index (κ1) is 18.6. The topological polar surface area (TPSA) is 88.9 Å². The number of amides is 2. The average molecular weight is 365 g/mol. The molecule has 0 radical (unpaired) electrons. The third kappa shape index (κ3) is 3.81. The number of benzene rings is 1. The van der Waals surface area contributed by atoms with Crippen molar-refractivity contribution in [3.8, 4) is 0 Å². The van der Waals surface area contributed by atoms with Crippen LogP contribution in [0.4, 0.5) is 0 Å². The summed E-state index contributed by atoms with van der Waals surface area (Å²) in [6.07, 6.45) is 2.59. The largest absolute Gasteiger partial charge is 0.271 e. The minimum atomic E-state index is -0.419. The Morgan fingerprint density at radius 3 is 2.41 bits per heavy atom. The lowest BCUT2D eigenvalue weighted by molar-refractivity contribution is 0.0846. The first-order valence-electron chi connectivity index (χ1n) is 8.95. The lowest BCUT2D eigenvalue weighted by Gasteiger charge is -2.11. The van der Waals surface area contributed by atoms with E-state index in [0.717, 1.165) is 23.0 Å². The van der Waals surface area contributed by atoms with Crippen LogP contribution < -0.4 is 10.9 Å². The van der Waals surface area contributed by atoms with Crippen molar-refractivity contribution >= 4 is 22.8 Å². The second-order valence-electron chi connectivity index (χ2n) is 6.68. The van der Waals surface area contributed by atoms with E-state index in [0.29, 0.717) is 16.8 Å². The molecular formula is C20H23N5O2. The number of aryl methyl sites for hydroxylation is 2. The van der Waals surface area contributed by atoms with Gasteiger partial charge >= 0.3 is 0 Å². The number of aromatic nitrogens is 3. The average Bonchev–Trinajstić information content (AvgIpc) is 3.08. The molecule has 0 unspecified atom stereocenters. The van der Waals surface area contributed by atoms with E-state index >= 15 is 0 Å². The Morgan fingerprint density at radius 2 is 1.78 bits per heavy atom. The molecule has 1 aromatic carbocycles. The highest BCUT2D eigenvalue weighted by Crippen LogP contribution is 2.19. The van der Waals surface area contributed by atoms with Crippen molar-refractivity contribution in [3.05, 3.63) is 58.9 Å². The summed E-state index contributed by atoms with van der Waals surface area (Å²) in [6, 6.07) is 9.17. The third-order valence-electron chi connectivity index (χ3n) is 4.41. The zero-order valence-electron chi connectivity index (χ0n) is 15.9. The predicted octanol–water partition coefficient (Wildman–Crippen LogP) is 2.96. The highest BCUT2D eigenvalue weighted by molar-refractivity contribution is 6.01. The van der Waals surface area contributed by atoms with Gasteiger partial charge in [-0.05, 0) is 51.0 Å². The number of fused-ring (bicyclic) bond motifs is 1. The van der Waals surface area contributed by atoms with Gasteiger partial charge < -0.3 is 0 Å². The van der Waals surface area contributed by atoms with E-state index < -0.39 is 5.91 Å². The van der Waals surface area contributed by atoms with Gasteiger partial charge in [0.2, 0.25) is 0 Å². The summed E-state index contributed by atoms with van der Waals surface area (Å²) in [5.41, 5.74) is 8.23. The Balaban J connectivity index is 1.73. The van der Waals surface area contributed by atoms with Gasteiger partial charge in [-0.1, -0.05) is 19.1 Å². The first-order chi connectivity index (χ1) is 12.9. The molecule has 0 saturated heterocycles. The van der Waals surface area contributed by atoms with Gasteiger partial charge in [-0.15, -0.1) is 0 Å². The van der Waals surface area contributed by atoms with E-state index in [1.54, 1.807) is 31.3 Å². The van der Waals surface area contributed by atoms with Crippen LogP contribution in [0.5, 0.6) is 0 Å². The van der Waals surface area contributed by atoms with Gasteiger partial charge in [-0.3, -0.25) is 20.4 Å². The van der Waals surface area contributed by atoms with E-state index in [9.17, 15) is 9.59 Å². The van der Waals surface area contributed by atoms with E-state index in [4.69, 9.17) is 0 Å². The van der Waals surface area contributed by atoms with E-state index in [2.05, 4.69) is 20.9 Å². The second kappa shape index (κ2) is 7.57. The summed E-state index contributed by atoms with van der Waals surface area (Å²) in [7, 11) is 0. The number of carbonyl (C=O) groups is 2. The number of hydrogen-bond donors (Lipinski definition) is 2. The Kier molecular flexibility index (Phi) is 5.21. The molecule has 0 bridgehead atoms. The summed E-state index contributed by atoms with van der Waals surface area (Å²) in [5, 5.41) is 5.10. The van der Waals surface area contributed by atoms with Crippen molar-refractivity contribution in [1.29, 1.82) is 0 Å². The van der Waals surface area contributed by atoms with E-state index in [1.165, 1.54) is 0 Å². The van der Waals surface area contributed by atoms with Crippen LogP contribution in [0.25, 0.3) is 11.0 Å². The minimum absolute atomic E-state index is 0.174. The number of nitrogens with one attached hydrogen (secondary N) is 2. The number of carbonyl (C=O) groups excluding carboxylic acids is 2. The second-order valence-corrected chi connectivity index (χ2v) is 6.68. The van der Waals surface area contributed by atoms with Crippen LogP contribution in [0.3, 0.4) is 0 Å². The van der Waals surface area contributed by atoms with Gasteiger partial charge in [0.05, 0.1) is 17.5 Å². The summed E-state index contributed by atoms with van der Waals surface area (Å²) >= 11 is 0. The van der Waals surface area contributed by atoms with Crippen molar-refractivity contribution < 1.29 is 9.59 Å². The van der Waals surface area contributed by atoms with Crippen LogP contribution in [-0.4, -0.2) is 26.6 Å². The smallest absolute Gasteiger partial charge is 0.267 e. The molecule has 0 aliphatic carbocycles. The fourth-order valence-electron chi connectivity index (χ4n) is 2.82. The molecule has 7 heteroatoms. The van der Waals surface area contributed by atoms with Gasteiger partial charge in [0.25, 0.3) is 11.8 Å². The molecule has 0 aliphatic heterocycles. The summed E-state index contributed by atoms with van der Waals surface area (Å²) in [4.78, 5) is 29.2. The molecule has 2 heterocycles. The molecule has 0 fully saturated rings. The van der Waals surface area contributed by atoms with Crippen molar-refractivity contribution in [1.82, 2.24) is 25.6 Å². The minimum Gasteiger partial charge on any atom is -0.267 e. The zero-order valence-corrected chi connectivity index (χ0v) is 15.9. The van der Waals surface area contributed by atoms with Crippen molar-refractivity contribution in [2.24, 2.45) is 0 Å². The molecule has 2 amide bonds. The SMILES string of the molecule is CCc1ccc(C(=O)NNC(=O)c2cc3cnn(C(C)C)c3nc2C)cc1. The van der Waals surface area contributed by atoms with E-state index in [1.807, 2.05) is 37.6 Å². The van der Waals surface area contributed by atoms with Gasteiger partial charge in [0.15, 0.2) is 5.65 Å². The van der Waals surface area contributed by atoms with Crippen LogP contribution in [-0.2, 0) is 6.42 Å². The summed E-state index contributed by atoms with van der Waals surface area (Å²) in [6.45, 7) is 7.85. The highest BCUT2D eigenvalue weighted by Gasteiger charge is 2.16. The Bertz CT molecular complexity index is 990. The molecule has 0 spiro atoms. The molecular weight excluding hydrogens is 342 g/mol. The predicted molar refractivity (Wildman–Crippen MR) is 103 cm³/mol. The first-order valence-corrected chi connectivity index (χ1v) is 8.95. The molecule has 0 aliphatic rings. The highest BCUT2D eigenvalue weighted by atomic mass is 16.2. The maximum absolute atomic E-state index is 12.5. The van der Waals surface area contributed by atoms with Crippen LogP contribution in [0.15, 0.2) is 36.5 Å². The number of hydrogen-bond acceptors (Lipinski definition) is 4. The van der Waals surface area contributed by atoms with Crippen LogP contribution in [0.2, 0.25) is 0 Å². The quantitative estimate of drug-likeness (QED) is 0.696. The molecule has 2 N–H and O–H groups in total. The van der Waals surface area contributed by atoms with Gasteiger partial charge in [-0.2, -0.15) is 5.10 Å². The number of nitrogens with zero attached hydrogens (tertiary/aromatic N) is 3. The fourth-order valence-corrected chi connectivity index (χ4v) is 2.82. The summed E-state index contributed by atoms with van der Waals surface area (Å²) < 4.78 is 1.81. The Labute approximate surface area is 157 Å². The van der Waals surface area contributed by atoms with Crippen molar-refractivity contribution in [3.63, 3.8) is 0 Å². The molecule has 2 aromatic heterocycles. The monoisotopic (exact) mass is 365 g/mol. The Morgan fingerprint density at radius 1 is 1.11 bits per heavy atom. The molecule has 3 rings (SSSR count). The van der Waals surface area contributed by atoms with E-state index in [-0.39, 0.29) is 11.9 Å². The zero-order chi connectivity index (χ0) is 19.6. The number of rotatable bonds is 4. The molecule has 27 heavy (non-hydrogen) atoms. The van der Waals surface area contributed by atoms with Gasteiger partial charge in [0, 0.05) is 17.0 Å². The van der Waals surface area contributed by atoms with Gasteiger partial charge in [0.1, 0.15) is 0 Å².